The molecule has 9 heteroatoms. The van der Waals surface area contributed by atoms with Crippen LogP contribution in [0.25, 0.3) is 0 Å². The molecule has 2 heterocycles. The fourth-order valence-electron chi connectivity index (χ4n) is 2.36. The van der Waals surface area contributed by atoms with Crippen LogP contribution in [0.2, 0.25) is 4.34 Å². The van der Waals surface area contributed by atoms with Gasteiger partial charge in [-0.25, -0.2) is 4.99 Å². The van der Waals surface area contributed by atoms with Crippen LogP contribution in [0.3, 0.4) is 0 Å². The summed E-state index contributed by atoms with van der Waals surface area (Å²) in [6.07, 6.45) is 1.74. The SMILES string of the molecule is CCNC(=NCC(=O)N(C)CCc1ccccn1)NCC(O)c1ccc(Cl)s1. The number of nitrogens with zero attached hydrogens (tertiary/aromatic N) is 3. The van der Waals surface area contributed by atoms with E-state index in [1.807, 2.05) is 25.1 Å². The monoisotopic (exact) mass is 423 g/mol. The Hall–Kier alpha value is -2.16. The number of amides is 1. The molecule has 0 saturated carbocycles. The summed E-state index contributed by atoms with van der Waals surface area (Å²) in [5, 5.41) is 16.3. The number of halogens is 1. The van der Waals surface area contributed by atoms with E-state index in [1.165, 1.54) is 11.3 Å². The molecule has 2 aromatic heterocycles. The number of guanidine groups is 1. The van der Waals surface area contributed by atoms with Crippen molar-refractivity contribution in [3.63, 3.8) is 0 Å². The largest absolute Gasteiger partial charge is 0.386 e. The molecule has 0 aromatic carbocycles. The summed E-state index contributed by atoms with van der Waals surface area (Å²) in [7, 11) is 1.76. The molecule has 3 N–H and O–H groups in total. The number of rotatable bonds is 9. The minimum Gasteiger partial charge on any atom is -0.386 e. The maximum absolute atomic E-state index is 12.3. The van der Waals surface area contributed by atoms with Gasteiger partial charge in [-0.15, -0.1) is 11.3 Å². The summed E-state index contributed by atoms with van der Waals surface area (Å²) >= 11 is 7.24. The molecular formula is C19H26ClN5O2S. The number of pyridine rings is 1. The van der Waals surface area contributed by atoms with Crippen LogP contribution in [0.15, 0.2) is 41.5 Å². The first kappa shape index (κ1) is 22.1. The van der Waals surface area contributed by atoms with Gasteiger partial charge in [0.2, 0.25) is 5.91 Å². The van der Waals surface area contributed by atoms with Crippen molar-refractivity contribution in [2.75, 3.05) is 33.2 Å². The first-order valence-electron chi connectivity index (χ1n) is 9.09. The van der Waals surface area contributed by atoms with Crippen molar-refractivity contribution in [2.24, 2.45) is 4.99 Å². The molecule has 0 bridgehead atoms. The van der Waals surface area contributed by atoms with Crippen LogP contribution in [0.1, 0.15) is 23.6 Å². The minimum absolute atomic E-state index is 0.0228. The smallest absolute Gasteiger partial charge is 0.244 e. The van der Waals surface area contributed by atoms with Crippen molar-refractivity contribution in [1.29, 1.82) is 0 Å². The Morgan fingerprint density at radius 2 is 2.18 bits per heavy atom. The summed E-state index contributed by atoms with van der Waals surface area (Å²) in [5.74, 6) is 0.398. The molecule has 0 spiro atoms. The first-order chi connectivity index (χ1) is 13.5. The molecule has 1 amide bonds. The Morgan fingerprint density at radius 1 is 1.36 bits per heavy atom. The molecule has 0 aliphatic rings. The molecule has 0 aliphatic heterocycles. The van der Waals surface area contributed by atoms with Crippen LogP contribution in [0.5, 0.6) is 0 Å². The Bertz CT molecular complexity index is 769. The maximum atomic E-state index is 12.3. The average Bonchev–Trinajstić information content (AvgIpc) is 3.15. The standard InChI is InChI=1S/C19H26ClN5O2S/c1-3-21-19(23-12-15(26)16-7-8-17(20)28-16)24-13-18(27)25(2)11-9-14-6-4-5-10-22-14/h4-8,10,15,26H,3,9,11-13H2,1-2H3,(H2,21,23,24). The zero-order valence-corrected chi connectivity index (χ0v) is 17.6. The number of likely N-dealkylation sites (N-methyl/N-ethyl adjacent to an activating group) is 1. The topological polar surface area (TPSA) is 89.9 Å². The lowest BCUT2D eigenvalue weighted by atomic mass is 10.2. The molecule has 2 aromatic rings. The van der Waals surface area contributed by atoms with Gasteiger partial charge in [-0.2, -0.15) is 0 Å². The van der Waals surface area contributed by atoms with Crippen molar-refractivity contribution in [1.82, 2.24) is 20.5 Å². The van der Waals surface area contributed by atoms with E-state index in [2.05, 4.69) is 20.6 Å². The fourth-order valence-corrected chi connectivity index (χ4v) is 3.41. The lowest BCUT2D eigenvalue weighted by Gasteiger charge is -2.17. The van der Waals surface area contributed by atoms with E-state index in [-0.39, 0.29) is 19.0 Å². The number of aromatic nitrogens is 1. The highest BCUT2D eigenvalue weighted by molar-refractivity contribution is 7.16. The van der Waals surface area contributed by atoms with Gasteiger partial charge in [0.1, 0.15) is 12.6 Å². The van der Waals surface area contributed by atoms with E-state index in [4.69, 9.17) is 11.6 Å². The molecule has 0 radical (unpaired) electrons. The predicted molar refractivity (Wildman–Crippen MR) is 114 cm³/mol. The van der Waals surface area contributed by atoms with Crippen LogP contribution in [-0.2, 0) is 11.2 Å². The van der Waals surface area contributed by atoms with Crippen LogP contribution < -0.4 is 10.6 Å². The number of aliphatic hydroxyl groups excluding tert-OH is 1. The summed E-state index contributed by atoms with van der Waals surface area (Å²) < 4.78 is 0.633. The van der Waals surface area contributed by atoms with Gasteiger partial charge in [0, 0.05) is 49.9 Å². The summed E-state index contributed by atoms with van der Waals surface area (Å²) in [6, 6.07) is 9.29. The Labute approximate surface area is 174 Å². The lowest BCUT2D eigenvalue weighted by molar-refractivity contribution is -0.128. The van der Waals surface area contributed by atoms with Gasteiger partial charge in [-0.3, -0.25) is 9.78 Å². The fraction of sp³-hybridized carbons (Fsp3) is 0.421. The van der Waals surface area contributed by atoms with Crippen LogP contribution >= 0.6 is 22.9 Å². The number of hydrogen-bond donors (Lipinski definition) is 3. The molecule has 152 valence electrons. The van der Waals surface area contributed by atoms with Crippen LogP contribution in [-0.4, -0.2) is 60.1 Å². The Morgan fingerprint density at radius 3 is 2.82 bits per heavy atom. The number of aliphatic imine (C=N–C) groups is 1. The highest BCUT2D eigenvalue weighted by Gasteiger charge is 2.12. The molecule has 1 atom stereocenters. The van der Waals surface area contributed by atoms with E-state index in [0.29, 0.717) is 29.8 Å². The zero-order valence-electron chi connectivity index (χ0n) is 16.1. The van der Waals surface area contributed by atoms with E-state index in [9.17, 15) is 9.90 Å². The van der Waals surface area contributed by atoms with Crippen molar-refractivity contribution >= 4 is 34.8 Å². The molecule has 1 unspecified atom stereocenters. The minimum atomic E-state index is -0.696. The summed E-state index contributed by atoms with van der Waals surface area (Å²) in [4.78, 5) is 23.3. The molecule has 2 rings (SSSR count). The highest BCUT2D eigenvalue weighted by Crippen LogP contribution is 2.26. The second-order valence-corrected chi connectivity index (χ2v) is 7.87. The van der Waals surface area contributed by atoms with Gasteiger partial charge in [-0.1, -0.05) is 17.7 Å². The van der Waals surface area contributed by atoms with E-state index in [0.717, 1.165) is 10.6 Å². The van der Waals surface area contributed by atoms with Crippen molar-refractivity contribution in [3.05, 3.63) is 51.4 Å². The molecule has 28 heavy (non-hydrogen) atoms. The number of aliphatic hydroxyl groups is 1. The van der Waals surface area contributed by atoms with E-state index in [1.54, 1.807) is 30.3 Å². The molecule has 0 fully saturated rings. The normalized spacial score (nSPS) is 12.5. The highest BCUT2D eigenvalue weighted by atomic mass is 35.5. The average molecular weight is 424 g/mol. The van der Waals surface area contributed by atoms with Crippen LogP contribution in [0, 0.1) is 0 Å². The Balaban J connectivity index is 1.82. The predicted octanol–water partition coefficient (Wildman–Crippen LogP) is 2.09. The van der Waals surface area contributed by atoms with Gasteiger partial charge >= 0.3 is 0 Å². The second-order valence-electron chi connectivity index (χ2n) is 6.12. The van der Waals surface area contributed by atoms with Gasteiger partial charge in [0.15, 0.2) is 5.96 Å². The van der Waals surface area contributed by atoms with E-state index < -0.39 is 6.10 Å². The van der Waals surface area contributed by atoms with Gasteiger partial charge in [-0.05, 0) is 31.2 Å². The molecule has 0 aliphatic carbocycles. The van der Waals surface area contributed by atoms with Crippen LogP contribution in [0.4, 0.5) is 0 Å². The molecular weight excluding hydrogens is 398 g/mol. The third kappa shape index (κ3) is 7.46. The van der Waals surface area contributed by atoms with E-state index >= 15 is 0 Å². The number of nitrogens with one attached hydrogen (secondary N) is 2. The number of carbonyl (C=O) groups is 1. The first-order valence-corrected chi connectivity index (χ1v) is 10.3. The quantitative estimate of drug-likeness (QED) is 0.424. The number of thiophene rings is 1. The third-order valence-electron chi connectivity index (χ3n) is 3.96. The second kappa shape index (κ2) is 11.6. The molecule has 7 nitrogen and oxygen atoms in total. The third-order valence-corrected chi connectivity index (χ3v) is 5.29. The van der Waals surface area contributed by atoms with Crippen molar-refractivity contribution in [3.8, 4) is 0 Å². The molecule has 0 saturated heterocycles. The maximum Gasteiger partial charge on any atom is 0.244 e. The number of hydrogen-bond acceptors (Lipinski definition) is 5. The summed E-state index contributed by atoms with van der Waals surface area (Å²) in [6.45, 7) is 3.46. The number of carbonyl (C=O) groups excluding carboxylic acids is 1. The van der Waals surface area contributed by atoms with Gasteiger partial charge in [0.25, 0.3) is 0 Å². The lowest BCUT2D eigenvalue weighted by Crippen LogP contribution is -2.40. The van der Waals surface area contributed by atoms with Gasteiger partial charge < -0.3 is 20.6 Å². The van der Waals surface area contributed by atoms with Gasteiger partial charge in [0.05, 0.1) is 4.34 Å². The van der Waals surface area contributed by atoms with Crippen molar-refractivity contribution < 1.29 is 9.90 Å². The zero-order chi connectivity index (χ0) is 20.4. The Kier molecular flexibility index (Phi) is 9.19. The van der Waals surface area contributed by atoms with Crippen molar-refractivity contribution in [2.45, 2.75) is 19.4 Å². The summed E-state index contributed by atoms with van der Waals surface area (Å²) in [5.41, 5.74) is 0.948.